The van der Waals surface area contributed by atoms with E-state index < -0.39 is 0 Å². The first-order valence-electron chi connectivity index (χ1n) is 7.07. The largest absolute Gasteiger partial charge is 0.310 e. The van der Waals surface area contributed by atoms with Gasteiger partial charge in [-0.1, -0.05) is 60.2 Å². The van der Waals surface area contributed by atoms with Gasteiger partial charge in [-0.3, -0.25) is 0 Å². The lowest BCUT2D eigenvalue weighted by Crippen LogP contribution is -2.25. The Labute approximate surface area is 128 Å². The number of hydrogen-bond acceptors (Lipinski definition) is 1. The van der Waals surface area contributed by atoms with Crippen molar-refractivity contribution in [3.63, 3.8) is 0 Å². The standard InChI is InChI=1S/C18H23N.ClH/c1-15-8-11-18(12-9-15)14-19-16(2)10-13-17-6-4-3-5-7-17;/h3-9,11-12,16,19H,10,13-14H2,1-2H3;1H. The molecule has 2 heteroatoms. The second kappa shape index (κ2) is 8.78. The maximum atomic E-state index is 3.59. The van der Waals surface area contributed by atoms with E-state index in [4.69, 9.17) is 0 Å². The van der Waals surface area contributed by atoms with Gasteiger partial charge in [-0.25, -0.2) is 0 Å². The summed E-state index contributed by atoms with van der Waals surface area (Å²) in [6.07, 6.45) is 2.32. The normalized spacial score (nSPS) is 11.7. The van der Waals surface area contributed by atoms with E-state index in [1.807, 2.05) is 0 Å². The van der Waals surface area contributed by atoms with Crippen molar-refractivity contribution >= 4 is 12.4 Å². The molecule has 0 aromatic heterocycles. The van der Waals surface area contributed by atoms with E-state index in [-0.39, 0.29) is 12.4 Å². The van der Waals surface area contributed by atoms with Crippen LogP contribution < -0.4 is 5.32 Å². The Kier molecular flexibility index (Phi) is 7.35. The summed E-state index contributed by atoms with van der Waals surface area (Å²) in [7, 11) is 0. The minimum Gasteiger partial charge on any atom is -0.310 e. The molecule has 0 saturated carbocycles. The summed E-state index contributed by atoms with van der Waals surface area (Å²) < 4.78 is 0. The van der Waals surface area contributed by atoms with E-state index in [2.05, 4.69) is 73.8 Å². The number of nitrogens with one attached hydrogen (secondary N) is 1. The molecule has 0 aliphatic rings. The Morgan fingerprint density at radius 1 is 0.900 bits per heavy atom. The Hall–Kier alpha value is -1.31. The highest BCUT2D eigenvalue weighted by Crippen LogP contribution is 2.06. The number of hydrogen-bond donors (Lipinski definition) is 1. The molecule has 2 rings (SSSR count). The number of halogens is 1. The zero-order valence-corrected chi connectivity index (χ0v) is 13.1. The van der Waals surface area contributed by atoms with Gasteiger partial charge in [0.15, 0.2) is 0 Å². The predicted octanol–water partition coefficient (Wildman–Crippen LogP) is 4.53. The van der Waals surface area contributed by atoms with E-state index in [0.717, 1.165) is 13.0 Å². The molecule has 2 aromatic carbocycles. The highest BCUT2D eigenvalue weighted by Gasteiger charge is 2.02. The van der Waals surface area contributed by atoms with Crippen LogP contribution in [0.25, 0.3) is 0 Å². The van der Waals surface area contributed by atoms with Crippen molar-refractivity contribution in [2.24, 2.45) is 0 Å². The molecule has 0 aliphatic carbocycles. The lowest BCUT2D eigenvalue weighted by atomic mass is 10.1. The van der Waals surface area contributed by atoms with Crippen molar-refractivity contribution in [2.45, 2.75) is 39.3 Å². The molecule has 1 N–H and O–H groups in total. The minimum absolute atomic E-state index is 0. The van der Waals surface area contributed by atoms with Gasteiger partial charge in [0.25, 0.3) is 0 Å². The fourth-order valence-corrected chi connectivity index (χ4v) is 2.13. The first-order valence-corrected chi connectivity index (χ1v) is 7.07. The summed E-state index contributed by atoms with van der Waals surface area (Å²) in [5.74, 6) is 0. The molecule has 0 heterocycles. The van der Waals surface area contributed by atoms with Gasteiger partial charge >= 0.3 is 0 Å². The third-order valence-corrected chi connectivity index (χ3v) is 3.48. The van der Waals surface area contributed by atoms with Crippen molar-refractivity contribution in [1.82, 2.24) is 5.32 Å². The number of aryl methyl sites for hydroxylation is 2. The van der Waals surface area contributed by atoms with Crippen molar-refractivity contribution < 1.29 is 0 Å². The SMILES string of the molecule is Cc1ccc(CNC(C)CCc2ccccc2)cc1.Cl. The highest BCUT2D eigenvalue weighted by atomic mass is 35.5. The van der Waals surface area contributed by atoms with Crippen LogP contribution in [0.15, 0.2) is 54.6 Å². The fraction of sp³-hybridized carbons (Fsp3) is 0.333. The van der Waals surface area contributed by atoms with Gasteiger partial charge in [-0.15, -0.1) is 12.4 Å². The first-order chi connectivity index (χ1) is 9.24. The minimum atomic E-state index is 0. The first kappa shape index (κ1) is 16.7. The van der Waals surface area contributed by atoms with Crippen LogP contribution in [-0.2, 0) is 13.0 Å². The van der Waals surface area contributed by atoms with E-state index in [9.17, 15) is 0 Å². The Bertz CT molecular complexity index is 479. The molecule has 1 atom stereocenters. The summed E-state index contributed by atoms with van der Waals surface area (Å²) in [6.45, 7) is 5.34. The molecule has 0 aliphatic heterocycles. The van der Waals surface area contributed by atoms with E-state index >= 15 is 0 Å². The van der Waals surface area contributed by atoms with Gasteiger partial charge in [0, 0.05) is 12.6 Å². The van der Waals surface area contributed by atoms with Crippen LogP contribution in [0.2, 0.25) is 0 Å². The maximum absolute atomic E-state index is 3.59. The zero-order valence-electron chi connectivity index (χ0n) is 12.3. The van der Waals surface area contributed by atoms with Crippen molar-refractivity contribution in [3.8, 4) is 0 Å². The molecule has 0 radical (unpaired) electrons. The summed E-state index contributed by atoms with van der Waals surface area (Å²) in [6, 6.07) is 20.0. The monoisotopic (exact) mass is 289 g/mol. The summed E-state index contributed by atoms with van der Waals surface area (Å²) in [4.78, 5) is 0. The van der Waals surface area contributed by atoms with E-state index in [1.165, 1.54) is 23.1 Å². The Balaban J connectivity index is 0.00000200. The van der Waals surface area contributed by atoms with Gasteiger partial charge in [-0.2, -0.15) is 0 Å². The molecule has 0 fully saturated rings. The van der Waals surface area contributed by atoms with Crippen LogP contribution >= 0.6 is 12.4 Å². The van der Waals surface area contributed by atoms with Crippen LogP contribution in [0.1, 0.15) is 30.0 Å². The Morgan fingerprint density at radius 3 is 2.20 bits per heavy atom. The molecular formula is C18H24ClN. The van der Waals surface area contributed by atoms with Gasteiger partial charge in [0.1, 0.15) is 0 Å². The van der Waals surface area contributed by atoms with Gasteiger partial charge in [0.2, 0.25) is 0 Å². The maximum Gasteiger partial charge on any atom is 0.0207 e. The molecule has 0 bridgehead atoms. The molecule has 0 amide bonds. The average molecular weight is 290 g/mol. The van der Waals surface area contributed by atoms with Crippen LogP contribution in [0.4, 0.5) is 0 Å². The zero-order chi connectivity index (χ0) is 13.5. The molecule has 20 heavy (non-hydrogen) atoms. The lowest BCUT2D eigenvalue weighted by molar-refractivity contribution is 0.514. The molecule has 108 valence electrons. The quantitative estimate of drug-likeness (QED) is 0.824. The van der Waals surface area contributed by atoms with Crippen LogP contribution in [0.5, 0.6) is 0 Å². The summed E-state index contributed by atoms with van der Waals surface area (Å²) in [5.41, 5.74) is 4.10. The van der Waals surface area contributed by atoms with Crippen molar-refractivity contribution in [2.75, 3.05) is 0 Å². The Morgan fingerprint density at radius 2 is 1.55 bits per heavy atom. The molecule has 2 aromatic rings. The van der Waals surface area contributed by atoms with Crippen molar-refractivity contribution in [1.29, 1.82) is 0 Å². The fourth-order valence-electron chi connectivity index (χ4n) is 2.13. The summed E-state index contributed by atoms with van der Waals surface area (Å²) >= 11 is 0. The molecule has 1 unspecified atom stereocenters. The molecular weight excluding hydrogens is 266 g/mol. The third-order valence-electron chi connectivity index (χ3n) is 3.48. The van der Waals surface area contributed by atoms with Gasteiger partial charge in [0.05, 0.1) is 0 Å². The number of benzene rings is 2. The molecule has 1 nitrogen and oxygen atoms in total. The van der Waals surface area contributed by atoms with Gasteiger partial charge in [-0.05, 0) is 37.8 Å². The third kappa shape index (κ3) is 5.77. The second-order valence-corrected chi connectivity index (χ2v) is 5.29. The van der Waals surface area contributed by atoms with E-state index in [1.54, 1.807) is 0 Å². The van der Waals surface area contributed by atoms with Gasteiger partial charge < -0.3 is 5.32 Å². The smallest absolute Gasteiger partial charge is 0.0207 e. The number of rotatable bonds is 6. The predicted molar refractivity (Wildman–Crippen MR) is 89.5 cm³/mol. The van der Waals surface area contributed by atoms with Crippen LogP contribution in [0, 0.1) is 6.92 Å². The second-order valence-electron chi connectivity index (χ2n) is 5.29. The lowest BCUT2D eigenvalue weighted by Gasteiger charge is -2.14. The van der Waals surface area contributed by atoms with Crippen LogP contribution in [0.3, 0.4) is 0 Å². The molecule has 0 saturated heterocycles. The average Bonchev–Trinajstić information content (AvgIpc) is 2.45. The molecule has 0 spiro atoms. The van der Waals surface area contributed by atoms with Crippen LogP contribution in [-0.4, -0.2) is 6.04 Å². The van der Waals surface area contributed by atoms with Crippen molar-refractivity contribution in [3.05, 3.63) is 71.3 Å². The summed E-state index contributed by atoms with van der Waals surface area (Å²) in [5, 5.41) is 3.59. The topological polar surface area (TPSA) is 12.0 Å². The highest BCUT2D eigenvalue weighted by molar-refractivity contribution is 5.85. The van der Waals surface area contributed by atoms with E-state index in [0.29, 0.717) is 6.04 Å².